The molecule has 7 heteroatoms. The van der Waals surface area contributed by atoms with Crippen molar-refractivity contribution < 1.29 is 14.3 Å². The van der Waals surface area contributed by atoms with Gasteiger partial charge in [0.2, 0.25) is 0 Å². The van der Waals surface area contributed by atoms with Gasteiger partial charge < -0.3 is 15.0 Å². The Bertz CT molecular complexity index is 906. The minimum Gasteiger partial charge on any atom is -0.493 e. The molecule has 0 atom stereocenters. The minimum absolute atomic E-state index is 0.0505. The highest BCUT2D eigenvalue weighted by Gasteiger charge is 2.19. The molecule has 1 saturated heterocycles. The largest absolute Gasteiger partial charge is 0.493 e. The summed E-state index contributed by atoms with van der Waals surface area (Å²) in [6, 6.07) is 14.1. The van der Waals surface area contributed by atoms with Crippen molar-refractivity contribution in [1.29, 1.82) is 0 Å². The quantitative estimate of drug-likeness (QED) is 0.683. The second-order valence-electron chi connectivity index (χ2n) is 7.72. The number of carbonyl (C=O) groups excluding carboxylic acids is 2. The Morgan fingerprint density at radius 3 is 2.43 bits per heavy atom. The average Bonchev–Trinajstić information content (AvgIpc) is 3.27. The van der Waals surface area contributed by atoms with Crippen LogP contribution in [-0.2, 0) is 0 Å². The van der Waals surface area contributed by atoms with E-state index in [1.165, 1.54) is 0 Å². The van der Waals surface area contributed by atoms with Gasteiger partial charge in [-0.1, -0.05) is 19.9 Å². The molecule has 2 N–H and O–H groups in total. The molecule has 0 spiro atoms. The second-order valence-corrected chi connectivity index (χ2v) is 8.13. The fraction of sp³-hybridized carbons (Fsp3) is 0.348. The summed E-state index contributed by atoms with van der Waals surface area (Å²) in [5.74, 6) is 0.780. The fourth-order valence-corrected chi connectivity index (χ4v) is 3.34. The molecule has 0 radical (unpaired) electrons. The predicted molar refractivity (Wildman–Crippen MR) is 122 cm³/mol. The maximum Gasteiger partial charge on any atom is 0.257 e. The molecule has 0 unspecified atom stereocenters. The van der Waals surface area contributed by atoms with Gasteiger partial charge in [-0.2, -0.15) is 0 Å². The van der Waals surface area contributed by atoms with Crippen molar-refractivity contribution in [1.82, 2.24) is 10.2 Å². The lowest BCUT2D eigenvalue weighted by atomic mass is 10.2. The van der Waals surface area contributed by atoms with E-state index >= 15 is 0 Å². The first-order valence-corrected chi connectivity index (χ1v) is 10.6. The predicted octanol–water partition coefficient (Wildman–Crippen LogP) is 4.08. The Morgan fingerprint density at radius 2 is 1.77 bits per heavy atom. The van der Waals surface area contributed by atoms with Gasteiger partial charge in [0.15, 0.2) is 5.11 Å². The summed E-state index contributed by atoms with van der Waals surface area (Å²) in [4.78, 5) is 26.8. The first-order chi connectivity index (χ1) is 14.4. The van der Waals surface area contributed by atoms with Gasteiger partial charge in [0, 0.05) is 29.9 Å². The van der Waals surface area contributed by atoms with E-state index in [9.17, 15) is 9.59 Å². The molecule has 0 aromatic heterocycles. The third-order valence-electron chi connectivity index (χ3n) is 4.69. The standard InChI is InChI=1S/C23H27N3O3S/c1-16(2)15-29-20-7-5-6-18(14-20)21(27)25-23(30)24-19-10-8-17(9-11-19)22(28)26-12-3-4-13-26/h5-11,14,16H,3-4,12-13,15H2,1-2H3,(H2,24,25,27,30). The number of nitrogens with zero attached hydrogens (tertiary/aromatic N) is 1. The third-order valence-corrected chi connectivity index (χ3v) is 4.89. The van der Waals surface area contributed by atoms with E-state index in [2.05, 4.69) is 24.5 Å². The fourth-order valence-electron chi connectivity index (χ4n) is 3.13. The number of likely N-dealkylation sites (tertiary alicyclic amines) is 1. The number of nitrogens with one attached hydrogen (secondary N) is 2. The van der Waals surface area contributed by atoms with Gasteiger partial charge in [0.25, 0.3) is 11.8 Å². The van der Waals surface area contributed by atoms with Crippen LogP contribution in [0.1, 0.15) is 47.4 Å². The van der Waals surface area contributed by atoms with Crippen LogP contribution >= 0.6 is 12.2 Å². The van der Waals surface area contributed by atoms with Gasteiger partial charge in [0.1, 0.15) is 5.75 Å². The summed E-state index contributed by atoms with van der Waals surface area (Å²) in [5.41, 5.74) is 1.81. The summed E-state index contributed by atoms with van der Waals surface area (Å²) in [7, 11) is 0. The van der Waals surface area contributed by atoms with E-state index in [1.54, 1.807) is 42.5 Å². The Morgan fingerprint density at radius 1 is 1.07 bits per heavy atom. The number of ether oxygens (including phenoxy) is 1. The SMILES string of the molecule is CC(C)COc1cccc(C(=O)NC(=S)Nc2ccc(C(=O)N3CCCC3)cc2)c1. The van der Waals surface area contributed by atoms with Crippen molar-refractivity contribution in [2.75, 3.05) is 25.0 Å². The Hall–Kier alpha value is -2.93. The molecule has 1 aliphatic heterocycles. The van der Waals surface area contributed by atoms with Gasteiger partial charge in [-0.3, -0.25) is 14.9 Å². The molecule has 0 aliphatic carbocycles. The number of anilines is 1. The Labute approximate surface area is 182 Å². The van der Waals surface area contributed by atoms with Crippen LogP contribution in [0.3, 0.4) is 0 Å². The van der Waals surface area contributed by atoms with E-state index in [1.807, 2.05) is 11.0 Å². The van der Waals surface area contributed by atoms with E-state index < -0.39 is 0 Å². The molecule has 1 fully saturated rings. The molecule has 2 aromatic carbocycles. The highest BCUT2D eigenvalue weighted by molar-refractivity contribution is 7.80. The van der Waals surface area contributed by atoms with E-state index in [0.717, 1.165) is 25.9 Å². The smallest absolute Gasteiger partial charge is 0.257 e. The first-order valence-electron chi connectivity index (χ1n) is 10.2. The van der Waals surface area contributed by atoms with Crippen LogP contribution < -0.4 is 15.4 Å². The Balaban J connectivity index is 1.54. The number of carbonyl (C=O) groups is 2. The zero-order valence-corrected chi connectivity index (χ0v) is 18.1. The van der Waals surface area contributed by atoms with Crippen molar-refractivity contribution in [2.24, 2.45) is 5.92 Å². The molecule has 3 rings (SSSR count). The van der Waals surface area contributed by atoms with Gasteiger partial charge in [-0.05, 0) is 73.4 Å². The Kier molecular flexibility index (Phi) is 7.41. The molecule has 158 valence electrons. The monoisotopic (exact) mass is 425 g/mol. The molecule has 2 aromatic rings. The number of hydrogen-bond donors (Lipinski definition) is 2. The van der Waals surface area contributed by atoms with Crippen molar-refractivity contribution in [3.63, 3.8) is 0 Å². The van der Waals surface area contributed by atoms with Crippen LogP contribution in [0.4, 0.5) is 5.69 Å². The van der Waals surface area contributed by atoms with Gasteiger partial charge in [0.05, 0.1) is 6.61 Å². The van der Waals surface area contributed by atoms with Crippen LogP contribution in [-0.4, -0.2) is 41.5 Å². The number of thiocarbonyl (C=S) groups is 1. The minimum atomic E-state index is -0.316. The van der Waals surface area contributed by atoms with Crippen molar-refractivity contribution in [3.05, 3.63) is 59.7 Å². The third kappa shape index (κ3) is 6.03. The summed E-state index contributed by atoms with van der Waals surface area (Å²) < 4.78 is 5.67. The van der Waals surface area contributed by atoms with Crippen LogP contribution in [0, 0.1) is 5.92 Å². The summed E-state index contributed by atoms with van der Waals surface area (Å²) >= 11 is 5.25. The second kappa shape index (κ2) is 10.2. The van der Waals surface area contributed by atoms with Crippen molar-refractivity contribution >= 4 is 34.8 Å². The molecule has 1 heterocycles. The number of amides is 2. The lowest BCUT2D eigenvalue weighted by Crippen LogP contribution is -2.34. The topological polar surface area (TPSA) is 70.7 Å². The van der Waals surface area contributed by atoms with Crippen LogP contribution in [0.2, 0.25) is 0 Å². The van der Waals surface area contributed by atoms with Crippen LogP contribution in [0.15, 0.2) is 48.5 Å². The molecular formula is C23H27N3O3S. The first kappa shape index (κ1) is 21.8. The van der Waals surface area contributed by atoms with Gasteiger partial charge in [-0.25, -0.2) is 0 Å². The van der Waals surface area contributed by atoms with E-state index in [4.69, 9.17) is 17.0 Å². The number of rotatable bonds is 6. The highest BCUT2D eigenvalue weighted by atomic mass is 32.1. The highest BCUT2D eigenvalue weighted by Crippen LogP contribution is 2.16. The average molecular weight is 426 g/mol. The molecule has 2 amide bonds. The molecule has 30 heavy (non-hydrogen) atoms. The molecular weight excluding hydrogens is 398 g/mol. The van der Waals surface area contributed by atoms with E-state index in [-0.39, 0.29) is 16.9 Å². The zero-order chi connectivity index (χ0) is 21.5. The van der Waals surface area contributed by atoms with Gasteiger partial charge in [-0.15, -0.1) is 0 Å². The van der Waals surface area contributed by atoms with Crippen molar-refractivity contribution in [2.45, 2.75) is 26.7 Å². The lowest BCUT2D eigenvalue weighted by Gasteiger charge is -2.15. The molecule has 0 bridgehead atoms. The summed E-state index contributed by atoms with van der Waals surface area (Å²) in [6.45, 7) is 6.35. The lowest BCUT2D eigenvalue weighted by molar-refractivity contribution is 0.0792. The number of benzene rings is 2. The van der Waals surface area contributed by atoms with E-state index in [0.29, 0.717) is 35.1 Å². The normalized spacial score (nSPS) is 13.2. The molecule has 0 saturated carbocycles. The number of hydrogen-bond acceptors (Lipinski definition) is 4. The van der Waals surface area contributed by atoms with Gasteiger partial charge >= 0.3 is 0 Å². The molecule has 6 nitrogen and oxygen atoms in total. The summed E-state index contributed by atoms with van der Waals surface area (Å²) in [6.07, 6.45) is 2.12. The molecule has 1 aliphatic rings. The van der Waals surface area contributed by atoms with Crippen LogP contribution in [0.25, 0.3) is 0 Å². The van der Waals surface area contributed by atoms with Crippen molar-refractivity contribution in [3.8, 4) is 5.75 Å². The summed E-state index contributed by atoms with van der Waals surface area (Å²) in [5, 5.41) is 5.83. The van der Waals surface area contributed by atoms with Crippen LogP contribution in [0.5, 0.6) is 5.75 Å². The maximum atomic E-state index is 12.5. The maximum absolute atomic E-state index is 12.5. The zero-order valence-electron chi connectivity index (χ0n) is 17.3.